The number of nitriles is 1. The molecule has 1 aromatic carbocycles. The molecule has 0 radical (unpaired) electrons. The second kappa shape index (κ2) is 8.55. The molecule has 0 spiro atoms. The van der Waals surface area contributed by atoms with E-state index in [4.69, 9.17) is 17.3 Å². The number of alkyl halides is 2. The smallest absolute Gasteiger partial charge is 0.281 e. The van der Waals surface area contributed by atoms with Gasteiger partial charge in [0.25, 0.3) is 12.0 Å². The molecule has 0 unspecified atom stereocenters. The lowest BCUT2D eigenvalue weighted by Gasteiger charge is -2.23. The molecule has 3 aromatic heterocycles. The Kier molecular flexibility index (Phi) is 5.52. The summed E-state index contributed by atoms with van der Waals surface area (Å²) in [5.41, 5.74) is 4.10. The molecular weight excluding hydrogens is 487 g/mol. The Hall–Kier alpha value is -4.18. The van der Waals surface area contributed by atoms with Crippen LogP contribution < -0.4 is 16.6 Å². The Bertz CT molecular complexity index is 1540. The molecule has 1 saturated carbocycles. The normalized spacial score (nSPS) is 14.3. The molecule has 1 fully saturated rings. The molecule has 14 heteroatoms. The molecule has 4 N–H and O–H groups in total. The van der Waals surface area contributed by atoms with Gasteiger partial charge in [0.05, 0.1) is 33.9 Å². The zero-order valence-corrected chi connectivity index (χ0v) is 18.4. The lowest BCUT2D eigenvalue weighted by Crippen LogP contribution is -2.29. The van der Waals surface area contributed by atoms with Crippen molar-refractivity contribution in [2.24, 2.45) is 5.92 Å². The Morgan fingerprint density at radius 3 is 2.69 bits per heavy atom. The van der Waals surface area contributed by atoms with E-state index in [1.54, 1.807) is 6.07 Å². The van der Waals surface area contributed by atoms with Crippen molar-refractivity contribution in [3.63, 3.8) is 0 Å². The second-order valence-electron chi connectivity index (χ2n) is 7.91. The van der Waals surface area contributed by atoms with Crippen molar-refractivity contribution in [2.75, 3.05) is 11.1 Å². The molecule has 3 heterocycles. The second-order valence-corrected chi connectivity index (χ2v) is 8.32. The largest absolute Gasteiger partial charge is 0.368 e. The summed E-state index contributed by atoms with van der Waals surface area (Å²) in [5, 5.41) is 18.9. The number of fused-ring (bicyclic) bond motifs is 1. The number of rotatable bonds is 6. The number of H-pyrrole nitrogens is 1. The number of hydrogen-bond acceptors (Lipinski definition) is 8. The molecule has 5 rings (SSSR count). The van der Waals surface area contributed by atoms with Gasteiger partial charge in [0.2, 0.25) is 5.95 Å². The lowest BCUT2D eigenvalue weighted by atomic mass is 10.1. The highest BCUT2D eigenvalue weighted by atomic mass is 35.5. The summed E-state index contributed by atoms with van der Waals surface area (Å²) in [6.07, 6.45) is 1.20. The third kappa shape index (κ3) is 4.01. The van der Waals surface area contributed by atoms with E-state index < -0.39 is 41.0 Å². The van der Waals surface area contributed by atoms with E-state index >= 15 is 0 Å². The van der Waals surface area contributed by atoms with Crippen molar-refractivity contribution >= 4 is 34.3 Å². The molecule has 1 aliphatic carbocycles. The van der Waals surface area contributed by atoms with Crippen LogP contribution in [-0.4, -0.2) is 29.7 Å². The lowest BCUT2D eigenvalue weighted by molar-refractivity contribution is 0.146. The van der Waals surface area contributed by atoms with E-state index in [9.17, 15) is 23.2 Å². The minimum absolute atomic E-state index is 0.0570. The molecule has 1 aliphatic rings. The van der Waals surface area contributed by atoms with Crippen molar-refractivity contribution in [3.05, 3.63) is 62.8 Å². The Labute approximate surface area is 199 Å². The third-order valence-electron chi connectivity index (χ3n) is 5.60. The van der Waals surface area contributed by atoms with E-state index in [-0.39, 0.29) is 33.5 Å². The minimum Gasteiger partial charge on any atom is -0.368 e. The van der Waals surface area contributed by atoms with E-state index in [0.717, 1.165) is 25.0 Å². The van der Waals surface area contributed by atoms with Gasteiger partial charge in [-0.05, 0) is 30.9 Å². The number of aromatic nitrogens is 6. The molecule has 0 amide bonds. The fourth-order valence-corrected chi connectivity index (χ4v) is 4.14. The van der Waals surface area contributed by atoms with Gasteiger partial charge in [-0.1, -0.05) is 11.6 Å². The first kappa shape index (κ1) is 22.6. The number of nitrogens with two attached hydrogens (primary N) is 1. The highest BCUT2D eigenvalue weighted by Crippen LogP contribution is 2.43. The van der Waals surface area contributed by atoms with Gasteiger partial charge >= 0.3 is 0 Å². The molecule has 4 aromatic rings. The number of halogens is 4. The van der Waals surface area contributed by atoms with Gasteiger partial charge in [0.15, 0.2) is 5.82 Å². The van der Waals surface area contributed by atoms with Crippen LogP contribution in [0.25, 0.3) is 16.6 Å². The number of nitrogen functional groups attached to an aromatic ring is 1. The molecule has 35 heavy (non-hydrogen) atoms. The number of benzene rings is 1. The number of nitrogens with zero attached hydrogens (tertiary/aromatic N) is 6. The predicted molar refractivity (Wildman–Crippen MR) is 120 cm³/mol. The van der Waals surface area contributed by atoms with Crippen molar-refractivity contribution in [1.82, 2.24) is 29.7 Å². The maximum absolute atomic E-state index is 14.1. The maximum Gasteiger partial charge on any atom is 0.281 e. The van der Waals surface area contributed by atoms with Gasteiger partial charge in [-0.2, -0.15) is 15.3 Å². The Morgan fingerprint density at radius 1 is 1.29 bits per heavy atom. The summed E-state index contributed by atoms with van der Waals surface area (Å²) in [6.45, 7) is 0. The van der Waals surface area contributed by atoms with E-state index in [0.29, 0.717) is 5.69 Å². The van der Waals surface area contributed by atoms with Gasteiger partial charge in [-0.3, -0.25) is 14.5 Å². The SMILES string of the molecule is N#Cc1c(N[C@H](c2nc3c(Cl)cc(F)cc3c(=O)n2-c2cn[nH]c2)C2CC2)nc(N)nc1C(F)F. The van der Waals surface area contributed by atoms with Crippen molar-refractivity contribution in [1.29, 1.82) is 5.26 Å². The summed E-state index contributed by atoms with van der Waals surface area (Å²) in [7, 11) is 0. The summed E-state index contributed by atoms with van der Waals surface area (Å²) in [6, 6.07) is 3.00. The zero-order valence-electron chi connectivity index (χ0n) is 17.6. The van der Waals surface area contributed by atoms with Crippen LogP contribution >= 0.6 is 11.6 Å². The van der Waals surface area contributed by atoms with Crippen LogP contribution in [0.5, 0.6) is 0 Å². The molecule has 0 saturated heterocycles. The zero-order chi connectivity index (χ0) is 24.9. The van der Waals surface area contributed by atoms with Crippen LogP contribution in [0.2, 0.25) is 5.02 Å². The predicted octanol–water partition coefficient (Wildman–Crippen LogP) is 3.65. The fourth-order valence-electron chi connectivity index (χ4n) is 3.89. The highest BCUT2D eigenvalue weighted by molar-refractivity contribution is 6.35. The maximum atomic E-state index is 14.1. The van der Waals surface area contributed by atoms with E-state index in [2.05, 4.69) is 30.5 Å². The summed E-state index contributed by atoms with van der Waals surface area (Å²) < 4.78 is 42.3. The first-order valence-electron chi connectivity index (χ1n) is 10.3. The number of anilines is 2. The highest BCUT2D eigenvalue weighted by Gasteiger charge is 2.37. The van der Waals surface area contributed by atoms with Crippen LogP contribution in [-0.2, 0) is 0 Å². The summed E-state index contributed by atoms with van der Waals surface area (Å²) in [5.74, 6) is -1.31. The molecule has 10 nitrogen and oxygen atoms in total. The van der Waals surface area contributed by atoms with Crippen LogP contribution in [0, 0.1) is 23.1 Å². The topological polar surface area (TPSA) is 151 Å². The first-order valence-corrected chi connectivity index (χ1v) is 10.7. The first-order chi connectivity index (χ1) is 16.8. The van der Waals surface area contributed by atoms with Gasteiger partial charge < -0.3 is 11.1 Å². The molecular formula is C21H15ClF3N9O. The molecule has 0 bridgehead atoms. The van der Waals surface area contributed by atoms with Gasteiger partial charge in [-0.15, -0.1) is 0 Å². The summed E-state index contributed by atoms with van der Waals surface area (Å²) >= 11 is 6.21. The van der Waals surface area contributed by atoms with Crippen molar-refractivity contribution < 1.29 is 13.2 Å². The third-order valence-corrected chi connectivity index (χ3v) is 5.88. The van der Waals surface area contributed by atoms with Gasteiger partial charge in [-0.25, -0.2) is 23.1 Å². The van der Waals surface area contributed by atoms with Crippen LogP contribution in [0.1, 0.15) is 42.4 Å². The average molecular weight is 502 g/mol. The minimum atomic E-state index is -3.06. The number of nitrogens with one attached hydrogen (secondary N) is 2. The quantitative estimate of drug-likeness (QED) is 0.362. The average Bonchev–Trinajstić information content (AvgIpc) is 3.51. The van der Waals surface area contributed by atoms with E-state index in [1.165, 1.54) is 17.0 Å². The van der Waals surface area contributed by atoms with Crippen LogP contribution in [0.3, 0.4) is 0 Å². The Balaban J connectivity index is 1.75. The van der Waals surface area contributed by atoms with Gasteiger partial charge in [0, 0.05) is 6.20 Å². The molecule has 0 aliphatic heterocycles. The number of hydrogen-bond donors (Lipinski definition) is 3. The standard InChI is InChI=1S/C21H15ClF3N9O/c22-13-4-9(23)3-11-15(13)31-19(34(20(11)35)10-6-28-29-7-10)14(8-1-2-8)30-18-12(5-26)16(17(24)25)32-21(27)33-18/h3-4,6-8,14,17H,1-2H2,(H,28,29)(H3,27,30,32,33)/t14-/m0/s1. The monoisotopic (exact) mass is 501 g/mol. The van der Waals surface area contributed by atoms with Crippen molar-refractivity contribution in [2.45, 2.75) is 25.3 Å². The molecule has 1 atom stereocenters. The number of aromatic amines is 1. The van der Waals surface area contributed by atoms with Crippen LogP contribution in [0.15, 0.2) is 29.3 Å². The van der Waals surface area contributed by atoms with Gasteiger partial charge in [0.1, 0.15) is 29.0 Å². The summed E-state index contributed by atoms with van der Waals surface area (Å²) in [4.78, 5) is 25.5. The molecule has 178 valence electrons. The van der Waals surface area contributed by atoms with E-state index in [1.807, 2.05) is 0 Å². The van der Waals surface area contributed by atoms with Crippen molar-refractivity contribution in [3.8, 4) is 11.8 Å². The Morgan fingerprint density at radius 2 is 2.06 bits per heavy atom. The fraction of sp³-hybridized carbons (Fsp3) is 0.238. The van der Waals surface area contributed by atoms with Crippen LogP contribution in [0.4, 0.5) is 24.9 Å².